The molecule has 3 rings (SSSR count). The Kier molecular flexibility index (Phi) is 5.62. The van der Waals surface area contributed by atoms with Gasteiger partial charge in [-0.15, -0.1) is 0 Å². The van der Waals surface area contributed by atoms with Crippen molar-refractivity contribution in [3.63, 3.8) is 0 Å². The van der Waals surface area contributed by atoms with Crippen LogP contribution in [-0.2, 0) is 21.4 Å². The average Bonchev–Trinajstić information content (AvgIpc) is 2.81. The molecule has 3 amide bonds. The lowest BCUT2D eigenvalue weighted by molar-refractivity contribution is -0.125. The second-order valence-electron chi connectivity index (χ2n) is 6.54. The number of ether oxygens (including phenoxy) is 1. The van der Waals surface area contributed by atoms with E-state index in [4.69, 9.17) is 4.74 Å². The number of benzene rings is 1. The third-order valence-electron chi connectivity index (χ3n) is 4.55. The summed E-state index contributed by atoms with van der Waals surface area (Å²) < 4.78 is 7.23. The molecule has 1 aliphatic rings. The number of fused-ring (bicyclic) bond motifs is 1. The Balaban J connectivity index is 1.59. The highest BCUT2D eigenvalue weighted by molar-refractivity contribution is 6.01. The van der Waals surface area contributed by atoms with Gasteiger partial charge in [-0.1, -0.05) is 12.1 Å². The van der Waals surface area contributed by atoms with Gasteiger partial charge in [0, 0.05) is 7.05 Å². The van der Waals surface area contributed by atoms with Crippen molar-refractivity contribution >= 4 is 29.1 Å². The molecule has 1 aliphatic heterocycles. The molecular formula is C19H23N5O4. The Labute approximate surface area is 162 Å². The van der Waals surface area contributed by atoms with Gasteiger partial charge >= 0.3 is 0 Å². The summed E-state index contributed by atoms with van der Waals surface area (Å²) in [5.41, 5.74) is 2.71. The maximum Gasteiger partial charge on any atom is 0.243 e. The largest absolute Gasteiger partial charge is 0.491 e. The van der Waals surface area contributed by atoms with Crippen LogP contribution < -0.4 is 20.3 Å². The maximum absolute atomic E-state index is 12.3. The van der Waals surface area contributed by atoms with Crippen LogP contribution in [0.4, 0.5) is 11.4 Å². The molecule has 0 atom stereocenters. The molecule has 0 radical (unpaired) electrons. The van der Waals surface area contributed by atoms with Crippen LogP contribution in [0.25, 0.3) is 0 Å². The molecule has 0 unspecified atom stereocenters. The molecular weight excluding hydrogens is 362 g/mol. The van der Waals surface area contributed by atoms with Crippen molar-refractivity contribution in [3.05, 3.63) is 35.7 Å². The molecule has 0 bridgehead atoms. The van der Waals surface area contributed by atoms with Crippen LogP contribution in [0, 0.1) is 13.8 Å². The predicted molar refractivity (Wildman–Crippen MR) is 103 cm³/mol. The van der Waals surface area contributed by atoms with Crippen molar-refractivity contribution in [1.29, 1.82) is 0 Å². The van der Waals surface area contributed by atoms with Crippen LogP contribution in [0.2, 0.25) is 0 Å². The fraction of sp³-hybridized carbons (Fsp3) is 0.368. The number of para-hydroxylation sites is 2. The normalized spacial score (nSPS) is 13.4. The summed E-state index contributed by atoms with van der Waals surface area (Å²) in [6.45, 7) is 3.52. The summed E-state index contributed by atoms with van der Waals surface area (Å²) in [5, 5.41) is 9.54. The fourth-order valence-electron chi connectivity index (χ4n) is 3.01. The standard InChI is InChI=1S/C19H23N5O4/c1-12-19(13(2)23(3)22-12)21-16(25)10-20-17(26)11-24-14-6-4-5-7-15(14)28-9-8-18(24)27/h4-7H,8-11H2,1-3H3,(H,20,26)(H,21,25). The van der Waals surface area contributed by atoms with E-state index in [-0.39, 0.29) is 37.9 Å². The first-order valence-electron chi connectivity index (χ1n) is 8.95. The van der Waals surface area contributed by atoms with Crippen molar-refractivity contribution in [3.8, 4) is 5.75 Å². The first-order valence-corrected chi connectivity index (χ1v) is 8.95. The van der Waals surface area contributed by atoms with E-state index in [1.54, 1.807) is 42.9 Å². The Morgan fingerprint density at radius 1 is 1.21 bits per heavy atom. The lowest BCUT2D eigenvalue weighted by Gasteiger charge is -2.21. The van der Waals surface area contributed by atoms with Crippen molar-refractivity contribution < 1.29 is 19.1 Å². The first kappa shape index (κ1) is 19.4. The van der Waals surface area contributed by atoms with Gasteiger partial charge in [0.15, 0.2) is 0 Å². The minimum absolute atomic E-state index is 0.183. The van der Waals surface area contributed by atoms with Gasteiger partial charge in [0.1, 0.15) is 12.3 Å². The molecule has 0 saturated carbocycles. The van der Waals surface area contributed by atoms with Crippen LogP contribution >= 0.6 is 0 Å². The molecule has 1 aromatic carbocycles. The Bertz CT molecular complexity index is 921. The molecule has 0 saturated heterocycles. The van der Waals surface area contributed by atoms with Crippen LogP contribution in [0.15, 0.2) is 24.3 Å². The number of carbonyl (C=O) groups excluding carboxylic acids is 3. The maximum atomic E-state index is 12.3. The molecule has 9 nitrogen and oxygen atoms in total. The molecule has 148 valence electrons. The number of aromatic nitrogens is 2. The number of nitrogens with one attached hydrogen (secondary N) is 2. The second-order valence-corrected chi connectivity index (χ2v) is 6.54. The molecule has 28 heavy (non-hydrogen) atoms. The van der Waals surface area contributed by atoms with Gasteiger partial charge in [0.2, 0.25) is 17.7 Å². The quantitative estimate of drug-likeness (QED) is 0.796. The van der Waals surface area contributed by atoms with Crippen molar-refractivity contribution in [2.24, 2.45) is 7.05 Å². The van der Waals surface area contributed by atoms with Gasteiger partial charge in [0.05, 0.1) is 42.3 Å². The highest BCUT2D eigenvalue weighted by Crippen LogP contribution is 2.30. The van der Waals surface area contributed by atoms with E-state index in [1.165, 1.54) is 4.90 Å². The molecule has 0 fully saturated rings. The molecule has 0 spiro atoms. The number of rotatable bonds is 5. The van der Waals surface area contributed by atoms with Gasteiger partial charge in [-0.3, -0.25) is 24.0 Å². The van der Waals surface area contributed by atoms with Crippen molar-refractivity contribution in [1.82, 2.24) is 15.1 Å². The lowest BCUT2D eigenvalue weighted by Crippen LogP contribution is -2.42. The van der Waals surface area contributed by atoms with E-state index in [9.17, 15) is 14.4 Å². The number of nitrogens with zero attached hydrogens (tertiary/aromatic N) is 3. The van der Waals surface area contributed by atoms with E-state index in [0.717, 1.165) is 5.69 Å². The van der Waals surface area contributed by atoms with Crippen LogP contribution in [0.5, 0.6) is 5.75 Å². The topological polar surface area (TPSA) is 106 Å². The number of hydrogen-bond donors (Lipinski definition) is 2. The molecule has 2 heterocycles. The van der Waals surface area contributed by atoms with E-state index in [1.807, 2.05) is 6.92 Å². The van der Waals surface area contributed by atoms with E-state index in [0.29, 0.717) is 22.8 Å². The van der Waals surface area contributed by atoms with E-state index in [2.05, 4.69) is 15.7 Å². The Hall–Kier alpha value is -3.36. The minimum atomic E-state index is -0.431. The van der Waals surface area contributed by atoms with Gasteiger partial charge in [-0.05, 0) is 26.0 Å². The SMILES string of the molecule is Cc1nn(C)c(C)c1NC(=O)CNC(=O)CN1C(=O)CCOc2ccccc21. The molecule has 1 aromatic heterocycles. The zero-order valence-electron chi connectivity index (χ0n) is 16.1. The third-order valence-corrected chi connectivity index (χ3v) is 4.55. The fourth-order valence-corrected chi connectivity index (χ4v) is 3.01. The van der Waals surface area contributed by atoms with Gasteiger partial charge < -0.3 is 15.4 Å². The minimum Gasteiger partial charge on any atom is -0.491 e. The summed E-state index contributed by atoms with van der Waals surface area (Å²) in [6.07, 6.45) is 0.183. The van der Waals surface area contributed by atoms with Crippen LogP contribution in [0.3, 0.4) is 0 Å². The molecule has 2 N–H and O–H groups in total. The summed E-state index contributed by atoms with van der Waals surface area (Å²) in [6, 6.07) is 7.06. The van der Waals surface area contributed by atoms with Gasteiger partial charge in [-0.2, -0.15) is 5.10 Å². The average molecular weight is 385 g/mol. The third kappa shape index (κ3) is 4.13. The smallest absolute Gasteiger partial charge is 0.243 e. The van der Waals surface area contributed by atoms with Gasteiger partial charge in [0.25, 0.3) is 0 Å². The second kappa shape index (κ2) is 8.12. The first-order chi connectivity index (χ1) is 13.4. The Morgan fingerprint density at radius 2 is 1.96 bits per heavy atom. The number of anilines is 2. The number of hydrogen-bond acceptors (Lipinski definition) is 5. The molecule has 0 aliphatic carbocycles. The lowest BCUT2D eigenvalue weighted by atomic mass is 10.2. The predicted octanol–water partition coefficient (Wildman–Crippen LogP) is 0.907. The monoisotopic (exact) mass is 385 g/mol. The van der Waals surface area contributed by atoms with Crippen molar-refractivity contribution in [2.45, 2.75) is 20.3 Å². The zero-order chi connectivity index (χ0) is 20.3. The summed E-state index contributed by atoms with van der Waals surface area (Å²) in [7, 11) is 1.79. The van der Waals surface area contributed by atoms with Crippen LogP contribution in [0.1, 0.15) is 17.8 Å². The highest BCUT2D eigenvalue weighted by Gasteiger charge is 2.25. The number of amides is 3. The molecule has 9 heteroatoms. The molecule has 2 aromatic rings. The van der Waals surface area contributed by atoms with Crippen molar-refractivity contribution in [2.75, 3.05) is 29.9 Å². The zero-order valence-corrected chi connectivity index (χ0v) is 16.1. The van der Waals surface area contributed by atoms with E-state index >= 15 is 0 Å². The summed E-state index contributed by atoms with van der Waals surface area (Å²) >= 11 is 0. The van der Waals surface area contributed by atoms with Gasteiger partial charge in [-0.25, -0.2) is 0 Å². The summed E-state index contributed by atoms with van der Waals surface area (Å²) in [4.78, 5) is 38.2. The number of carbonyl (C=O) groups is 3. The van der Waals surface area contributed by atoms with E-state index < -0.39 is 5.91 Å². The van der Waals surface area contributed by atoms with Crippen LogP contribution in [-0.4, -0.2) is 47.2 Å². The highest BCUT2D eigenvalue weighted by atomic mass is 16.5. The Morgan fingerprint density at radius 3 is 2.68 bits per heavy atom. The number of aryl methyl sites for hydroxylation is 2. The summed E-state index contributed by atoms with van der Waals surface area (Å²) in [5.74, 6) is -0.439.